The number of cyclic esters (lactones) is 2. The molecule has 2 aliphatic heterocycles. The zero-order valence-corrected chi connectivity index (χ0v) is 25.4. The predicted molar refractivity (Wildman–Crippen MR) is 157 cm³/mol. The van der Waals surface area contributed by atoms with Crippen LogP contribution in [0.3, 0.4) is 0 Å². The minimum Gasteiger partial charge on any atom is -0.466 e. The molecule has 1 saturated heterocycles. The lowest BCUT2D eigenvalue weighted by molar-refractivity contribution is -0.145. The molecule has 0 aliphatic carbocycles. The molecule has 0 aromatic rings. The predicted octanol–water partition coefficient (Wildman–Crippen LogP) is 8.25. The molecule has 2 heterocycles. The summed E-state index contributed by atoms with van der Waals surface area (Å²) in [6.07, 6.45) is 23.6. The molecule has 6 heteroatoms. The molecule has 6 nitrogen and oxygen atoms in total. The van der Waals surface area contributed by atoms with E-state index >= 15 is 0 Å². The van der Waals surface area contributed by atoms with E-state index in [0.29, 0.717) is 39.3 Å². The van der Waals surface area contributed by atoms with E-state index in [0.717, 1.165) is 64.2 Å². The minimum atomic E-state index is -0.233. The van der Waals surface area contributed by atoms with Crippen molar-refractivity contribution in [1.82, 2.24) is 0 Å². The zero-order chi connectivity index (χ0) is 28.2. The van der Waals surface area contributed by atoms with Crippen molar-refractivity contribution in [3.05, 3.63) is 12.2 Å². The van der Waals surface area contributed by atoms with E-state index in [1.165, 1.54) is 44.9 Å². The molecule has 226 valence electrons. The lowest BCUT2D eigenvalue weighted by Gasteiger charge is -2.32. The van der Waals surface area contributed by atoms with Gasteiger partial charge in [-0.1, -0.05) is 70.3 Å². The Hall–Kier alpha value is -1.40. The van der Waals surface area contributed by atoms with E-state index in [1.807, 2.05) is 12.2 Å². The first kappa shape index (κ1) is 33.8. The molecule has 0 bridgehead atoms. The smallest absolute Gasteiger partial charge is 0.306 e. The normalized spacial score (nSPS) is 28.7. The summed E-state index contributed by atoms with van der Waals surface area (Å²) >= 11 is 0. The maximum atomic E-state index is 12.6. The van der Waals surface area contributed by atoms with Gasteiger partial charge in [0.2, 0.25) is 0 Å². The second kappa shape index (κ2) is 19.6. The molecule has 0 aromatic heterocycles. The molecule has 0 radical (unpaired) electrons. The van der Waals surface area contributed by atoms with Crippen LogP contribution >= 0.6 is 0 Å². The van der Waals surface area contributed by atoms with Gasteiger partial charge in [-0.15, -0.1) is 0 Å². The topological polar surface area (TPSA) is 71.1 Å². The maximum Gasteiger partial charge on any atom is 0.306 e. The van der Waals surface area contributed by atoms with E-state index < -0.39 is 0 Å². The summed E-state index contributed by atoms with van der Waals surface area (Å²) in [4.78, 5) is 24.6. The first-order valence-electron chi connectivity index (χ1n) is 16.0. The third-order valence-electron chi connectivity index (χ3n) is 8.34. The van der Waals surface area contributed by atoms with Crippen molar-refractivity contribution in [3.8, 4) is 0 Å². The second-order valence-electron chi connectivity index (χ2n) is 12.6. The highest BCUT2D eigenvalue weighted by atomic mass is 16.5. The SMILES string of the molecule is CC1(C)CCCC(CCC2(C)CCCCCCCCCCCCC(=O)OCCCO2)CC(=O)OCC=CCO1. The van der Waals surface area contributed by atoms with Crippen molar-refractivity contribution in [1.29, 1.82) is 0 Å². The van der Waals surface area contributed by atoms with Crippen LogP contribution in [0.5, 0.6) is 0 Å². The summed E-state index contributed by atoms with van der Waals surface area (Å²) in [7, 11) is 0. The van der Waals surface area contributed by atoms with Crippen LogP contribution in [0.25, 0.3) is 0 Å². The fourth-order valence-electron chi connectivity index (χ4n) is 5.68. The lowest BCUT2D eigenvalue weighted by Crippen LogP contribution is -2.31. The first-order valence-corrected chi connectivity index (χ1v) is 16.0. The van der Waals surface area contributed by atoms with E-state index in [2.05, 4.69) is 20.8 Å². The average molecular weight is 551 g/mol. The van der Waals surface area contributed by atoms with Gasteiger partial charge in [0.15, 0.2) is 0 Å². The molecular weight excluding hydrogens is 492 g/mol. The van der Waals surface area contributed by atoms with Crippen LogP contribution in [-0.2, 0) is 28.5 Å². The van der Waals surface area contributed by atoms with Gasteiger partial charge in [0.25, 0.3) is 0 Å². The molecule has 0 spiro atoms. The minimum absolute atomic E-state index is 0.0789. The molecule has 2 unspecified atom stereocenters. The van der Waals surface area contributed by atoms with Gasteiger partial charge < -0.3 is 18.9 Å². The van der Waals surface area contributed by atoms with E-state index in [1.54, 1.807) is 0 Å². The van der Waals surface area contributed by atoms with Gasteiger partial charge >= 0.3 is 11.9 Å². The molecule has 0 aromatic carbocycles. The lowest BCUT2D eigenvalue weighted by atomic mass is 9.85. The van der Waals surface area contributed by atoms with Crippen molar-refractivity contribution >= 4 is 11.9 Å². The van der Waals surface area contributed by atoms with Gasteiger partial charge in [-0.2, -0.15) is 0 Å². The molecule has 1 fully saturated rings. The van der Waals surface area contributed by atoms with Crippen LogP contribution in [0.15, 0.2) is 12.2 Å². The Morgan fingerprint density at radius 1 is 0.692 bits per heavy atom. The monoisotopic (exact) mass is 550 g/mol. The summed E-state index contributed by atoms with van der Waals surface area (Å²) in [5, 5.41) is 0. The number of hydrogen-bond acceptors (Lipinski definition) is 6. The molecule has 0 amide bonds. The molecule has 2 atom stereocenters. The fourth-order valence-corrected chi connectivity index (χ4v) is 5.68. The number of rotatable bonds is 3. The van der Waals surface area contributed by atoms with E-state index in [-0.39, 0.29) is 29.1 Å². The highest BCUT2D eigenvalue weighted by molar-refractivity contribution is 5.69. The highest BCUT2D eigenvalue weighted by Crippen LogP contribution is 2.31. The Morgan fingerprint density at radius 2 is 1.36 bits per heavy atom. The summed E-state index contributed by atoms with van der Waals surface area (Å²) < 4.78 is 23.4. The van der Waals surface area contributed by atoms with E-state index in [9.17, 15) is 9.59 Å². The van der Waals surface area contributed by atoms with Crippen molar-refractivity contribution in [2.75, 3.05) is 26.4 Å². The van der Waals surface area contributed by atoms with Gasteiger partial charge in [0.05, 0.1) is 31.0 Å². The van der Waals surface area contributed by atoms with E-state index in [4.69, 9.17) is 18.9 Å². The Labute approximate surface area is 238 Å². The Kier molecular flexibility index (Phi) is 17.0. The van der Waals surface area contributed by atoms with Crippen LogP contribution in [-0.4, -0.2) is 49.6 Å². The molecule has 39 heavy (non-hydrogen) atoms. The Bertz CT molecular complexity index is 702. The Morgan fingerprint density at radius 3 is 2.10 bits per heavy atom. The van der Waals surface area contributed by atoms with Gasteiger partial charge in [-0.3, -0.25) is 9.59 Å². The van der Waals surface area contributed by atoms with Gasteiger partial charge in [0, 0.05) is 19.3 Å². The third kappa shape index (κ3) is 17.1. The van der Waals surface area contributed by atoms with Gasteiger partial charge in [-0.05, 0) is 71.3 Å². The summed E-state index contributed by atoms with van der Waals surface area (Å²) in [5.41, 5.74) is -0.407. The van der Waals surface area contributed by atoms with Crippen LogP contribution in [0.2, 0.25) is 0 Å². The van der Waals surface area contributed by atoms with Crippen LogP contribution in [0.4, 0.5) is 0 Å². The molecule has 2 aliphatic rings. The summed E-state index contributed by atoms with van der Waals surface area (Å²) in [5.74, 6) is 0.0821. The fraction of sp³-hybridized carbons (Fsp3) is 0.879. The zero-order valence-electron chi connectivity index (χ0n) is 25.4. The maximum absolute atomic E-state index is 12.6. The van der Waals surface area contributed by atoms with Crippen LogP contribution in [0, 0.1) is 5.92 Å². The standard InChI is InChI=1S/C33H58O6/c1-32(2)21-16-18-29(28-31(35)37-24-14-15-26-38-32)20-23-33(3)22-13-11-9-7-5-4-6-8-10-12-19-30(34)36-25-17-27-39-33/h14-15,29H,4-13,16-28H2,1-3H3. The molecular formula is C33H58O6. The quantitative estimate of drug-likeness (QED) is 0.260. The highest BCUT2D eigenvalue weighted by Gasteiger charge is 2.28. The van der Waals surface area contributed by atoms with Crippen LogP contribution < -0.4 is 0 Å². The number of esters is 2. The Balaban J connectivity index is 1.94. The van der Waals surface area contributed by atoms with Crippen molar-refractivity contribution in [3.63, 3.8) is 0 Å². The van der Waals surface area contributed by atoms with Crippen molar-refractivity contribution in [2.24, 2.45) is 5.92 Å². The summed E-state index contributed by atoms with van der Waals surface area (Å²) in [6.45, 7) is 8.40. The van der Waals surface area contributed by atoms with Gasteiger partial charge in [0.1, 0.15) is 6.61 Å². The molecule has 0 N–H and O–H groups in total. The summed E-state index contributed by atoms with van der Waals surface area (Å²) in [6, 6.07) is 0. The number of carbonyl (C=O) groups is 2. The van der Waals surface area contributed by atoms with Crippen molar-refractivity contribution in [2.45, 2.75) is 154 Å². The van der Waals surface area contributed by atoms with Crippen LogP contribution in [0.1, 0.15) is 143 Å². The van der Waals surface area contributed by atoms with Gasteiger partial charge in [-0.25, -0.2) is 0 Å². The third-order valence-corrected chi connectivity index (χ3v) is 8.34. The average Bonchev–Trinajstić information content (AvgIpc) is 2.89. The number of hydrogen-bond donors (Lipinski definition) is 0. The second-order valence-corrected chi connectivity index (χ2v) is 12.6. The number of ether oxygens (including phenoxy) is 4. The number of carbonyl (C=O) groups excluding carboxylic acids is 2. The largest absolute Gasteiger partial charge is 0.466 e. The molecule has 0 saturated carbocycles. The first-order chi connectivity index (χ1) is 18.8. The molecule has 2 rings (SSSR count). The van der Waals surface area contributed by atoms with Crippen molar-refractivity contribution < 1.29 is 28.5 Å².